The molecule has 0 aliphatic carbocycles. The van der Waals surface area contributed by atoms with Gasteiger partial charge in [-0.3, -0.25) is 0 Å². The Bertz CT molecular complexity index is 527. The molecule has 1 aromatic carbocycles. The number of benzene rings is 1. The van der Waals surface area contributed by atoms with Gasteiger partial charge in [0, 0.05) is 18.9 Å². The molecule has 0 aliphatic rings. The minimum atomic E-state index is -0.233. The molecule has 2 rings (SSSR count). The SMILES string of the molecule is Cl.Fc1cccc(Cn2cccnc2=S)c1. The van der Waals surface area contributed by atoms with Gasteiger partial charge in [-0.25, -0.2) is 9.37 Å². The third-order valence-corrected chi connectivity index (χ3v) is 2.36. The van der Waals surface area contributed by atoms with E-state index < -0.39 is 0 Å². The van der Waals surface area contributed by atoms with Gasteiger partial charge in [-0.2, -0.15) is 0 Å². The van der Waals surface area contributed by atoms with E-state index in [1.165, 1.54) is 12.1 Å². The normalized spacial score (nSPS) is 9.56. The van der Waals surface area contributed by atoms with Crippen molar-refractivity contribution in [3.05, 3.63) is 58.9 Å². The first-order valence-corrected chi connectivity index (χ1v) is 4.92. The number of aromatic nitrogens is 2. The zero-order valence-electron chi connectivity index (χ0n) is 8.34. The second-order valence-electron chi connectivity index (χ2n) is 3.16. The maximum atomic E-state index is 12.9. The van der Waals surface area contributed by atoms with Gasteiger partial charge >= 0.3 is 0 Å². The van der Waals surface area contributed by atoms with Crippen LogP contribution in [0, 0.1) is 10.6 Å². The van der Waals surface area contributed by atoms with Gasteiger partial charge in [0.1, 0.15) is 5.82 Å². The predicted molar refractivity (Wildman–Crippen MR) is 65.8 cm³/mol. The summed E-state index contributed by atoms with van der Waals surface area (Å²) in [6.45, 7) is 0.546. The van der Waals surface area contributed by atoms with Crippen molar-refractivity contribution >= 4 is 24.6 Å². The largest absolute Gasteiger partial charge is 0.319 e. The zero-order valence-corrected chi connectivity index (χ0v) is 9.97. The van der Waals surface area contributed by atoms with Crippen LogP contribution in [0.1, 0.15) is 5.56 Å². The molecule has 0 unspecified atom stereocenters. The lowest BCUT2D eigenvalue weighted by Gasteiger charge is -2.05. The molecule has 0 aliphatic heterocycles. The Kier molecular flexibility index (Phi) is 4.58. The highest BCUT2D eigenvalue weighted by Gasteiger charge is 1.97. The summed E-state index contributed by atoms with van der Waals surface area (Å²) < 4.78 is 15.2. The number of rotatable bonds is 2. The van der Waals surface area contributed by atoms with E-state index in [-0.39, 0.29) is 18.2 Å². The molecule has 0 radical (unpaired) electrons. The van der Waals surface area contributed by atoms with Crippen LogP contribution >= 0.6 is 24.6 Å². The molecule has 16 heavy (non-hydrogen) atoms. The Morgan fingerprint density at radius 2 is 2.12 bits per heavy atom. The van der Waals surface area contributed by atoms with Crippen LogP contribution < -0.4 is 0 Å². The monoisotopic (exact) mass is 256 g/mol. The molecule has 0 N–H and O–H groups in total. The second kappa shape index (κ2) is 5.72. The second-order valence-corrected chi connectivity index (χ2v) is 3.53. The van der Waals surface area contributed by atoms with E-state index in [4.69, 9.17) is 12.2 Å². The standard InChI is InChI=1S/C11H9FN2S.ClH/c12-10-4-1-3-9(7-10)8-14-6-2-5-13-11(14)15;/h1-7H,8H2;1H. The van der Waals surface area contributed by atoms with Gasteiger partial charge in [0.25, 0.3) is 0 Å². The fourth-order valence-electron chi connectivity index (χ4n) is 1.34. The van der Waals surface area contributed by atoms with Gasteiger partial charge in [0.05, 0.1) is 0 Å². The van der Waals surface area contributed by atoms with E-state index in [1.807, 2.05) is 12.3 Å². The van der Waals surface area contributed by atoms with E-state index in [1.54, 1.807) is 22.9 Å². The highest BCUT2D eigenvalue weighted by molar-refractivity contribution is 7.71. The van der Waals surface area contributed by atoms with Crippen LogP contribution in [0.2, 0.25) is 0 Å². The van der Waals surface area contributed by atoms with Crippen molar-refractivity contribution in [3.8, 4) is 0 Å². The van der Waals surface area contributed by atoms with Crippen LogP contribution in [0.3, 0.4) is 0 Å². The number of hydrogen-bond donors (Lipinski definition) is 0. The first-order valence-electron chi connectivity index (χ1n) is 4.51. The van der Waals surface area contributed by atoms with Crippen LogP contribution in [0.25, 0.3) is 0 Å². The topological polar surface area (TPSA) is 17.8 Å². The molecular formula is C11H10ClFN2S. The first-order chi connectivity index (χ1) is 7.25. The molecular weight excluding hydrogens is 247 g/mol. The number of halogens is 2. The summed E-state index contributed by atoms with van der Waals surface area (Å²) in [5, 5.41) is 0. The smallest absolute Gasteiger partial charge is 0.199 e. The third kappa shape index (κ3) is 3.12. The Balaban J connectivity index is 0.00000128. The van der Waals surface area contributed by atoms with E-state index in [0.717, 1.165) is 5.56 Å². The van der Waals surface area contributed by atoms with E-state index in [2.05, 4.69) is 4.98 Å². The Hall–Kier alpha value is -1.26. The summed E-state index contributed by atoms with van der Waals surface area (Å²) >= 11 is 5.04. The maximum Gasteiger partial charge on any atom is 0.199 e. The van der Waals surface area contributed by atoms with Gasteiger partial charge < -0.3 is 4.57 Å². The van der Waals surface area contributed by atoms with Crippen LogP contribution in [-0.2, 0) is 6.54 Å². The Morgan fingerprint density at radius 1 is 1.31 bits per heavy atom. The Morgan fingerprint density at radius 3 is 2.81 bits per heavy atom. The lowest BCUT2D eigenvalue weighted by molar-refractivity contribution is 0.622. The fourth-order valence-corrected chi connectivity index (χ4v) is 1.53. The lowest BCUT2D eigenvalue weighted by Crippen LogP contribution is -2.02. The summed E-state index contributed by atoms with van der Waals surface area (Å²) in [5.74, 6) is -0.233. The van der Waals surface area contributed by atoms with Gasteiger partial charge in [-0.1, -0.05) is 12.1 Å². The average Bonchev–Trinajstić information content (AvgIpc) is 2.22. The van der Waals surface area contributed by atoms with Crippen molar-refractivity contribution in [3.63, 3.8) is 0 Å². The van der Waals surface area contributed by atoms with Crippen molar-refractivity contribution in [1.82, 2.24) is 9.55 Å². The van der Waals surface area contributed by atoms with Crippen molar-refractivity contribution < 1.29 is 4.39 Å². The summed E-state index contributed by atoms with van der Waals surface area (Å²) in [4.78, 5) is 3.98. The maximum absolute atomic E-state index is 12.9. The number of nitrogens with zero attached hydrogens (tertiary/aromatic N) is 2. The first kappa shape index (κ1) is 12.8. The summed E-state index contributed by atoms with van der Waals surface area (Å²) in [7, 11) is 0. The molecule has 0 bridgehead atoms. The summed E-state index contributed by atoms with van der Waals surface area (Å²) in [6.07, 6.45) is 3.48. The Labute approximate surface area is 104 Å². The third-order valence-electron chi connectivity index (χ3n) is 2.02. The molecule has 0 fully saturated rings. The summed E-state index contributed by atoms with van der Waals surface area (Å²) in [6, 6.07) is 8.26. The molecule has 2 nitrogen and oxygen atoms in total. The van der Waals surface area contributed by atoms with Gasteiger partial charge in [0.2, 0.25) is 0 Å². The molecule has 0 saturated carbocycles. The molecule has 0 saturated heterocycles. The molecule has 0 spiro atoms. The lowest BCUT2D eigenvalue weighted by atomic mass is 10.2. The highest BCUT2D eigenvalue weighted by atomic mass is 35.5. The minimum Gasteiger partial charge on any atom is -0.319 e. The predicted octanol–water partition coefficient (Wildman–Crippen LogP) is 3.22. The minimum absolute atomic E-state index is 0. The highest BCUT2D eigenvalue weighted by Crippen LogP contribution is 2.05. The van der Waals surface area contributed by atoms with Gasteiger partial charge in [-0.05, 0) is 36.0 Å². The molecule has 0 atom stereocenters. The molecule has 1 aromatic heterocycles. The average molecular weight is 257 g/mol. The zero-order chi connectivity index (χ0) is 10.7. The van der Waals surface area contributed by atoms with Gasteiger partial charge in [0.15, 0.2) is 4.77 Å². The number of hydrogen-bond acceptors (Lipinski definition) is 2. The van der Waals surface area contributed by atoms with Crippen LogP contribution in [0.5, 0.6) is 0 Å². The molecule has 0 amide bonds. The molecule has 84 valence electrons. The molecule has 5 heteroatoms. The fraction of sp³-hybridized carbons (Fsp3) is 0.0909. The van der Waals surface area contributed by atoms with Crippen molar-refractivity contribution in [2.24, 2.45) is 0 Å². The molecule has 1 heterocycles. The van der Waals surface area contributed by atoms with Crippen LogP contribution in [0.4, 0.5) is 4.39 Å². The van der Waals surface area contributed by atoms with Crippen molar-refractivity contribution in [1.29, 1.82) is 0 Å². The van der Waals surface area contributed by atoms with E-state index in [0.29, 0.717) is 11.3 Å². The van der Waals surface area contributed by atoms with E-state index >= 15 is 0 Å². The van der Waals surface area contributed by atoms with Crippen LogP contribution in [-0.4, -0.2) is 9.55 Å². The van der Waals surface area contributed by atoms with E-state index in [9.17, 15) is 4.39 Å². The van der Waals surface area contributed by atoms with Crippen LogP contribution in [0.15, 0.2) is 42.7 Å². The van der Waals surface area contributed by atoms with Gasteiger partial charge in [-0.15, -0.1) is 12.4 Å². The van der Waals surface area contributed by atoms with Crippen molar-refractivity contribution in [2.45, 2.75) is 6.54 Å². The molecule has 2 aromatic rings. The quantitative estimate of drug-likeness (QED) is 0.768. The van der Waals surface area contributed by atoms with Crippen molar-refractivity contribution in [2.75, 3.05) is 0 Å². The summed E-state index contributed by atoms with van der Waals surface area (Å²) in [5.41, 5.74) is 0.874.